The maximum Gasteiger partial charge on any atom is 0.280 e. The molecule has 0 spiro atoms. The topological polar surface area (TPSA) is 66.0 Å². The van der Waals surface area contributed by atoms with Gasteiger partial charge in [-0.2, -0.15) is 10.1 Å². The molecule has 0 saturated carbocycles. The molecule has 1 N–H and O–H groups in total. The summed E-state index contributed by atoms with van der Waals surface area (Å²) in [5.74, 6) is 0.139. The highest BCUT2D eigenvalue weighted by Gasteiger charge is 2.45. The van der Waals surface area contributed by atoms with E-state index < -0.39 is 5.72 Å². The summed E-state index contributed by atoms with van der Waals surface area (Å²) in [6, 6.07) is 10.7. The molecule has 2 aromatic rings. The van der Waals surface area contributed by atoms with Crippen molar-refractivity contribution in [2.24, 2.45) is 5.10 Å². The molecule has 1 amide bonds. The first-order valence-corrected chi connectivity index (χ1v) is 6.73. The number of carbonyl (C=O) groups excluding carboxylic acids is 1. The summed E-state index contributed by atoms with van der Waals surface area (Å²) >= 11 is 0. The van der Waals surface area contributed by atoms with Gasteiger partial charge in [-0.25, -0.2) is 0 Å². The predicted molar refractivity (Wildman–Crippen MR) is 77.7 cm³/mol. The van der Waals surface area contributed by atoms with E-state index in [4.69, 9.17) is 4.42 Å². The van der Waals surface area contributed by atoms with E-state index >= 15 is 0 Å². The van der Waals surface area contributed by atoms with Gasteiger partial charge in [-0.05, 0) is 19.9 Å². The lowest BCUT2D eigenvalue weighted by atomic mass is 9.97. The van der Waals surface area contributed by atoms with E-state index in [-0.39, 0.29) is 5.91 Å². The Morgan fingerprint density at radius 3 is 2.62 bits per heavy atom. The molecular weight excluding hydrogens is 268 g/mol. The normalized spacial score (nSPS) is 21.5. The zero-order valence-electron chi connectivity index (χ0n) is 11.9. The minimum absolute atomic E-state index is 0.291. The first-order valence-electron chi connectivity index (χ1n) is 6.73. The molecule has 0 saturated heterocycles. The van der Waals surface area contributed by atoms with Crippen molar-refractivity contribution in [1.29, 1.82) is 0 Å². The second-order valence-electron chi connectivity index (χ2n) is 5.20. The summed E-state index contributed by atoms with van der Waals surface area (Å²) < 4.78 is 5.17. The van der Waals surface area contributed by atoms with Crippen molar-refractivity contribution in [2.45, 2.75) is 26.0 Å². The zero-order chi connectivity index (χ0) is 15.0. The van der Waals surface area contributed by atoms with Gasteiger partial charge in [-0.1, -0.05) is 30.3 Å². The summed E-state index contributed by atoms with van der Waals surface area (Å²) in [6.07, 6.45) is 1.75. The van der Waals surface area contributed by atoms with Crippen molar-refractivity contribution >= 4 is 11.6 Å². The molecular formula is C16H16N2O3. The van der Waals surface area contributed by atoms with Crippen molar-refractivity contribution in [3.63, 3.8) is 0 Å². The number of nitrogens with zero attached hydrogens (tertiary/aromatic N) is 2. The van der Waals surface area contributed by atoms with Gasteiger partial charge >= 0.3 is 0 Å². The van der Waals surface area contributed by atoms with Crippen LogP contribution < -0.4 is 0 Å². The van der Waals surface area contributed by atoms with Crippen LogP contribution in [0.1, 0.15) is 35.0 Å². The van der Waals surface area contributed by atoms with Crippen molar-refractivity contribution < 1.29 is 14.3 Å². The molecule has 5 nitrogen and oxygen atoms in total. The number of aryl methyl sites for hydroxylation is 1. The number of amides is 1. The van der Waals surface area contributed by atoms with Crippen molar-refractivity contribution in [1.82, 2.24) is 5.01 Å². The van der Waals surface area contributed by atoms with Gasteiger partial charge in [0, 0.05) is 17.7 Å². The Morgan fingerprint density at radius 2 is 2.00 bits per heavy atom. The van der Waals surface area contributed by atoms with Gasteiger partial charge in [-0.15, -0.1) is 0 Å². The SMILES string of the molecule is CC1=NN(C(=O)c2ccoc2C)C(O)(c2ccccc2)C1. The van der Waals surface area contributed by atoms with Crippen LogP contribution in [0.2, 0.25) is 0 Å². The van der Waals surface area contributed by atoms with Gasteiger partial charge in [0.05, 0.1) is 11.8 Å². The first kappa shape index (κ1) is 13.6. The molecule has 108 valence electrons. The van der Waals surface area contributed by atoms with Crippen LogP contribution in [-0.2, 0) is 5.72 Å². The maximum atomic E-state index is 12.7. The predicted octanol–water partition coefficient (Wildman–Crippen LogP) is 2.66. The second kappa shape index (κ2) is 4.86. The van der Waals surface area contributed by atoms with E-state index in [1.807, 2.05) is 18.2 Å². The quantitative estimate of drug-likeness (QED) is 0.922. The van der Waals surface area contributed by atoms with Crippen molar-refractivity contribution in [2.75, 3.05) is 0 Å². The Labute approximate surface area is 122 Å². The Kier molecular flexibility index (Phi) is 3.14. The molecule has 21 heavy (non-hydrogen) atoms. The molecule has 1 aliphatic rings. The van der Waals surface area contributed by atoms with Gasteiger partial charge in [0.2, 0.25) is 0 Å². The summed E-state index contributed by atoms with van der Waals surface area (Å²) in [5, 5.41) is 16.4. The summed E-state index contributed by atoms with van der Waals surface area (Å²) in [4.78, 5) is 12.7. The van der Waals surface area contributed by atoms with Crippen molar-refractivity contribution in [3.8, 4) is 0 Å². The van der Waals surface area contributed by atoms with E-state index in [0.717, 1.165) is 5.01 Å². The second-order valence-corrected chi connectivity index (χ2v) is 5.20. The Bertz CT molecular complexity index is 705. The van der Waals surface area contributed by atoms with Gasteiger partial charge < -0.3 is 9.52 Å². The van der Waals surface area contributed by atoms with Crippen molar-refractivity contribution in [3.05, 3.63) is 59.5 Å². The van der Waals surface area contributed by atoms with Crippen LogP contribution in [0, 0.1) is 6.92 Å². The molecule has 1 unspecified atom stereocenters. The van der Waals surface area contributed by atoms with Crippen LogP contribution in [0.4, 0.5) is 0 Å². The lowest BCUT2D eigenvalue weighted by molar-refractivity contribution is -0.0765. The average molecular weight is 284 g/mol. The standard InChI is InChI=1S/C16H16N2O3/c1-11-10-16(20,13-6-4-3-5-7-13)18(17-11)15(19)14-8-9-21-12(14)2/h3-9,20H,10H2,1-2H3. The van der Waals surface area contributed by atoms with Crippen LogP contribution in [-0.4, -0.2) is 21.7 Å². The molecule has 1 aromatic heterocycles. The number of furan rings is 1. The van der Waals surface area contributed by atoms with Gasteiger partial charge in [-0.3, -0.25) is 4.79 Å². The van der Waals surface area contributed by atoms with Gasteiger partial charge in [0.25, 0.3) is 5.91 Å². The molecule has 2 heterocycles. The van der Waals surface area contributed by atoms with Crippen LogP contribution in [0.3, 0.4) is 0 Å². The minimum atomic E-state index is -1.45. The Balaban J connectivity index is 2.03. The van der Waals surface area contributed by atoms with E-state index in [0.29, 0.717) is 29.0 Å². The smallest absolute Gasteiger partial charge is 0.280 e. The van der Waals surface area contributed by atoms with Crippen LogP contribution in [0.5, 0.6) is 0 Å². The number of hydrogen-bond acceptors (Lipinski definition) is 4. The molecule has 1 atom stereocenters. The number of aliphatic hydroxyl groups is 1. The van der Waals surface area contributed by atoms with Crippen LogP contribution >= 0.6 is 0 Å². The maximum absolute atomic E-state index is 12.7. The fraction of sp³-hybridized carbons (Fsp3) is 0.250. The summed E-state index contributed by atoms with van der Waals surface area (Å²) in [7, 11) is 0. The third-order valence-corrected chi connectivity index (χ3v) is 3.64. The van der Waals surface area contributed by atoms with Crippen LogP contribution in [0.15, 0.2) is 52.2 Å². The molecule has 0 bridgehead atoms. The molecule has 0 aliphatic carbocycles. The lowest BCUT2D eigenvalue weighted by Crippen LogP contribution is -2.43. The Hall–Kier alpha value is -2.40. The number of benzene rings is 1. The van der Waals surface area contributed by atoms with E-state index in [9.17, 15) is 9.90 Å². The fourth-order valence-electron chi connectivity index (χ4n) is 2.58. The van der Waals surface area contributed by atoms with E-state index in [2.05, 4.69) is 5.10 Å². The number of hydrogen-bond donors (Lipinski definition) is 1. The largest absolute Gasteiger partial charge is 0.469 e. The molecule has 1 aromatic carbocycles. The summed E-state index contributed by atoms with van der Waals surface area (Å²) in [5.41, 5.74) is 0.297. The Morgan fingerprint density at radius 1 is 1.29 bits per heavy atom. The molecule has 0 fully saturated rings. The fourth-order valence-corrected chi connectivity index (χ4v) is 2.58. The van der Waals surface area contributed by atoms with E-state index in [1.54, 1.807) is 32.0 Å². The third-order valence-electron chi connectivity index (χ3n) is 3.64. The zero-order valence-corrected chi connectivity index (χ0v) is 11.9. The van der Waals surface area contributed by atoms with Crippen LogP contribution in [0.25, 0.3) is 0 Å². The summed E-state index contributed by atoms with van der Waals surface area (Å²) in [6.45, 7) is 3.50. The highest BCUT2D eigenvalue weighted by atomic mass is 16.3. The average Bonchev–Trinajstić information content (AvgIpc) is 3.03. The highest BCUT2D eigenvalue weighted by Crippen LogP contribution is 2.36. The monoisotopic (exact) mass is 284 g/mol. The molecule has 0 radical (unpaired) electrons. The number of hydrazone groups is 1. The molecule has 1 aliphatic heterocycles. The highest BCUT2D eigenvalue weighted by molar-refractivity contribution is 5.98. The van der Waals surface area contributed by atoms with Gasteiger partial charge in [0.15, 0.2) is 5.72 Å². The number of carbonyl (C=O) groups is 1. The van der Waals surface area contributed by atoms with Gasteiger partial charge in [0.1, 0.15) is 5.76 Å². The first-order chi connectivity index (χ1) is 10.0. The molecule has 3 rings (SSSR count). The minimum Gasteiger partial charge on any atom is -0.469 e. The number of rotatable bonds is 2. The molecule has 5 heteroatoms. The lowest BCUT2D eigenvalue weighted by Gasteiger charge is -2.31. The van der Waals surface area contributed by atoms with E-state index in [1.165, 1.54) is 6.26 Å². The third kappa shape index (κ3) is 2.15.